The van der Waals surface area contributed by atoms with Crippen LogP contribution in [-0.4, -0.2) is 98.8 Å². The highest BCUT2D eigenvalue weighted by atomic mass is 16.7. The summed E-state index contributed by atoms with van der Waals surface area (Å²) in [5.74, 6) is -2.19. The van der Waals surface area contributed by atoms with Crippen molar-refractivity contribution in [1.29, 1.82) is 0 Å². The Morgan fingerprint density at radius 2 is 1.75 bits per heavy atom. The van der Waals surface area contributed by atoms with Crippen LogP contribution in [0.4, 0.5) is 0 Å². The van der Waals surface area contributed by atoms with Crippen LogP contribution in [0.5, 0.6) is 0 Å². The van der Waals surface area contributed by atoms with E-state index in [4.69, 9.17) is 14.6 Å². The molecule has 2 aliphatic rings. The Morgan fingerprint density at radius 3 is 2.41 bits per heavy atom. The highest BCUT2D eigenvalue weighted by molar-refractivity contribution is 5.88. The average Bonchev–Trinajstić information content (AvgIpc) is 2.75. The first-order valence-corrected chi connectivity index (χ1v) is 10.9. The van der Waals surface area contributed by atoms with Crippen molar-refractivity contribution in [2.75, 3.05) is 6.61 Å². The summed E-state index contributed by atoms with van der Waals surface area (Å²) in [6.45, 7) is 0.905. The van der Waals surface area contributed by atoms with Crippen LogP contribution in [0.1, 0.15) is 51.9 Å². The second-order valence-corrected chi connectivity index (χ2v) is 8.31. The maximum absolute atomic E-state index is 12.6. The minimum Gasteiger partial charge on any atom is -0.481 e. The van der Waals surface area contributed by atoms with E-state index in [0.29, 0.717) is 12.8 Å². The number of hydrogen-bond acceptors (Lipinski definition) is 9. The van der Waals surface area contributed by atoms with Crippen LogP contribution in [0, 0.1) is 0 Å². The molecule has 1 aliphatic heterocycles. The number of rotatable bonds is 10. The summed E-state index contributed by atoms with van der Waals surface area (Å²) in [4.78, 5) is 35.1. The number of nitrogens with one attached hydrogen (secondary N) is 2. The largest absolute Gasteiger partial charge is 0.481 e. The van der Waals surface area contributed by atoms with Gasteiger partial charge in [0.25, 0.3) is 0 Å². The van der Waals surface area contributed by atoms with Gasteiger partial charge in [-0.3, -0.25) is 14.4 Å². The SMILES string of the molecule is C[C@@H]1O[C@@H](O[C@@H]2CCCC[C@H]2NC(=O)[C@H](CO)NC(=O)CCCC(=O)O)[C@@H](O)[C@H](O)[C@@H]1O. The minimum absolute atomic E-state index is 0.0888. The molecule has 0 aromatic carbocycles. The molecule has 2 amide bonds. The van der Waals surface area contributed by atoms with Crippen molar-refractivity contribution in [3.05, 3.63) is 0 Å². The number of aliphatic hydroxyl groups excluding tert-OH is 4. The number of ether oxygens (including phenoxy) is 2. The number of aliphatic carboxylic acids is 1. The van der Waals surface area contributed by atoms with Gasteiger partial charge < -0.3 is 45.6 Å². The van der Waals surface area contributed by atoms with Crippen LogP contribution < -0.4 is 10.6 Å². The highest BCUT2D eigenvalue weighted by Gasteiger charge is 2.44. The topological polar surface area (TPSA) is 195 Å². The summed E-state index contributed by atoms with van der Waals surface area (Å²) in [6.07, 6.45) is -4.07. The van der Waals surface area contributed by atoms with Crippen molar-refractivity contribution < 1.29 is 49.4 Å². The van der Waals surface area contributed by atoms with Gasteiger partial charge in [0.05, 0.1) is 24.9 Å². The zero-order valence-corrected chi connectivity index (χ0v) is 18.1. The van der Waals surface area contributed by atoms with Crippen molar-refractivity contribution in [3.8, 4) is 0 Å². The van der Waals surface area contributed by atoms with Crippen molar-refractivity contribution >= 4 is 17.8 Å². The molecule has 2 rings (SSSR count). The average molecular weight is 462 g/mol. The predicted molar refractivity (Wildman–Crippen MR) is 108 cm³/mol. The molecule has 184 valence electrons. The van der Waals surface area contributed by atoms with Gasteiger partial charge in [-0.05, 0) is 26.2 Å². The number of amides is 2. The van der Waals surface area contributed by atoms with E-state index in [-0.39, 0.29) is 19.3 Å². The van der Waals surface area contributed by atoms with Gasteiger partial charge >= 0.3 is 5.97 Å². The fraction of sp³-hybridized carbons (Fsp3) is 0.850. The molecule has 0 aromatic heterocycles. The Labute approximate surface area is 185 Å². The Hall–Kier alpha value is -1.83. The van der Waals surface area contributed by atoms with Crippen LogP contribution in [0.15, 0.2) is 0 Å². The van der Waals surface area contributed by atoms with Gasteiger partial charge in [0, 0.05) is 12.8 Å². The van der Waals surface area contributed by atoms with Gasteiger partial charge in [-0.1, -0.05) is 12.8 Å². The third-order valence-electron chi connectivity index (χ3n) is 5.78. The van der Waals surface area contributed by atoms with Crippen LogP contribution in [0.2, 0.25) is 0 Å². The Kier molecular flexibility index (Phi) is 10.3. The van der Waals surface area contributed by atoms with Crippen molar-refractivity contribution in [2.24, 2.45) is 0 Å². The van der Waals surface area contributed by atoms with Gasteiger partial charge in [-0.25, -0.2) is 0 Å². The van der Waals surface area contributed by atoms with Gasteiger partial charge in [0.2, 0.25) is 11.8 Å². The molecule has 2 fully saturated rings. The number of carboxylic acid groups (broad SMARTS) is 1. The molecule has 12 nitrogen and oxygen atoms in total. The lowest BCUT2D eigenvalue weighted by Crippen LogP contribution is -2.60. The van der Waals surface area contributed by atoms with E-state index < -0.39 is 73.3 Å². The third-order valence-corrected chi connectivity index (χ3v) is 5.78. The quantitative estimate of drug-likeness (QED) is 0.191. The first kappa shape index (κ1) is 26.4. The normalized spacial score (nSPS) is 33.8. The van der Waals surface area contributed by atoms with Crippen molar-refractivity contribution in [3.63, 3.8) is 0 Å². The summed E-state index contributed by atoms with van der Waals surface area (Å²) < 4.78 is 11.3. The highest BCUT2D eigenvalue weighted by Crippen LogP contribution is 2.28. The molecule has 32 heavy (non-hydrogen) atoms. The molecule has 0 unspecified atom stereocenters. The molecule has 0 aromatic rings. The Balaban J connectivity index is 1.92. The summed E-state index contributed by atoms with van der Waals surface area (Å²) >= 11 is 0. The first-order chi connectivity index (χ1) is 15.1. The van der Waals surface area contributed by atoms with Crippen molar-refractivity contribution in [1.82, 2.24) is 10.6 Å². The summed E-state index contributed by atoms with van der Waals surface area (Å²) in [5.41, 5.74) is 0. The summed E-state index contributed by atoms with van der Waals surface area (Å²) in [6, 6.07) is -1.69. The van der Waals surface area contributed by atoms with Gasteiger partial charge in [0.15, 0.2) is 6.29 Å². The number of carboxylic acids is 1. The zero-order valence-electron chi connectivity index (χ0n) is 18.1. The van der Waals surface area contributed by atoms with Crippen LogP contribution >= 0.6 is 0 Å². The first-order valence-electron chi connectivity index (χ1n) is 10.9. The third kappa shape index (κ3) is 7.36. The van der Waals surface area contributed by atoms with Gasteiger partial charge in [-0.2, -0.15) is 0 Å². The fourth-order valence-electron chi connectivity index (χ4n) is 3.87. The van der Waals surface area contributed by atoms with Crippen molar-refractivity contribution in [2.45, 2.75) is 101 Å². The molecule has 12 heteroatoms. The molecule has 1 saturated carbocycles. The summed E-state index contributed by atoms with van der Waals surface area (Å²) in [7, 11) is 0. The zero-order chi connectivity index (χ0) is 23.8. The smallest absolute Gasteiger partial charge is 0.303 e. The van der Waals surface area contributed by atoms with Crippen LogP contribution in [-0.2, 0) is 23.9 Å². The van der Waals surface area contributed by atoms with E-state index in [2.05, 4.69) is 10.6 Å². The maximum atomic E-state index is 12.6. The van der Waals surface area contributed by atoms with E-state index >= 15 is 0 Å². The lowest BCUT2D eigenvalue weighted by Gasteiger charge is -2.42. The standard InChI is InChI=1S/C20H34N2O10/c1-10-16(27)17(28)18(29)20(31-10)32-13-6-3-2-5-11(13)22-19(30)12(9-23)21-14(24)7-4-8-15(25)26/h10-13,16-18,20,23,27-29H,2-9H2,1H3,(H,21,24)(H,22,30)(H,25,26)/t10-,11+,12-,13+,16+,17+,18-,20-/m0/s1. The molecule has 8 atom stereocenters. The Morgan fingerprint density at radius 1 is 1.06 bits per heavy atom. The Bertz CT molecular complexity index is 648. The molecule has 1 heterocycles. The van der Waals surface area contributed by atoms with E-state index in [1.807, 2.05) is 0 Å². The molecular formula is C20H34N2O10. The van der Waals surface area contributed by atoms with Crippen LogP contribution in [0.25, 0.3) is 0 Å². The van der Waals surface area contributed by atoms with Crippen LogP contribution in [0.3, 0.4) is 0 Å². The van der Waals surface area contributed by atoms with E-state index in [9.17, 15) is 34.8 Å². The van der Waals surface area contributed by atoms with Gasteiger partial charge in [0.1, 0.15) is 24.4 Å². The summed E-state index contributed by atoms with van der Waals surface area (Å²) in [5, 5.41) is 53.3. The number of carbonyl (C=O) groups is 3. The lowest BCUT2D eigenvalue weighted by molar-refractivity contribution is -0.307. The second-order valence-electron chi connectivity index (χ2n) is 8.31. The molecule has 1 saturated heterocycles. The number of hydrogen-bond donors (Lipinski definition) is 7. The number of carbonyl (C=O) groups excluding carboxylic acids is 2. The van der Waals surface area contributed by atoms with Gasteiger partial charge in [-0.15, -0.1) is 0 Å². The molecule has 0 radical (unpaired) electrons. The molecule has 0 spiro atoms. The lowest BCUT2D eigenvalue weighted by atomic mass is 9.91. The van der Waals surface area contributed by atoms with E-state index in [1.54, 1.807) is 6.92 Å². The molecule has 1 aliphatic carbocycles. The minimum atomic E-state index is -1.46. The molecule has 0 bridgehead atoms. The molecular weight excluding hydrogens is 428 g/mol. The second kappa shape index (κ2) is 12.4. The maximum Gasteiger partial charge on any atom is 0.303 e. The molecule has 7 N–H and O–H groups in total. The number of aliphatic hydroxyl groups is 4. The fourth-order valence-corrected chi connectivity index (χ4v) is 3.87. The van der Waals surface area contributed by atoms with E-state index in [0.717, 1.165) is 12.8 Å². The van der Waals surface area contributed by atoms with E-state index in [1.165, 1.54) is 0 Å². The predicted octanol–water partition coefficient (Wildman–Crippen LogP) is -2.01. The monoisotopic (exact) mass is 462 g/mol.